The fraction of sp³-hybridized carbons (Fsp3) is 0.469. The minimum absolute atomic E-state index is 0.0277. The normalized spacial score (nSPS) is 16.9. The SMILES string of the molecule is CC(C)(Oc1ccc(NC(=O)C(c2c3c(nn2-c2ccc(Cl)cc2)CCCCC3)C2CCCCC2)c(F)c1)C(=O)O. The summed E-state index contributed by atoms with van der Waals surface area (Å²) < 4.78 is 22.7. The molecule has 0 bridgehead atoms. The number of ether oxygens (including phenoxy) is 1. The number of fused-ring (bicyclic) bond motifs is 1. The zero-order chi connectivity index (χ0) is 29.1. The number of hydrogen-bond acceptors (Lipinski definition) is 4. The van der Waals surface area contributed by atoms with Crippen LogP contribution in [0.3, 0.4) is 0 Å². The molecule has 9 heteroatoms. The Labute approximate surface area is 245 Å². The maximum atomic E-state index is 15.3. The van der Waals surface area contributed by atoms with Crippen molar-refractivity contribution in [3.8, 4) is 11.4 Å². The molecule has 41 heavy (non-hydrogen) atoms. The number of nitrogens with one attached hydrogen (secondary N) is 1. The standard InChI is InChI=1S/C32H37ClFN3O4/c1-32(2,31(39)40)41-23-17-18-27(25(34)19-23)35-30(38)28(20-9-5-3-6-10-20)29-24-11-7-4-8-12-26(24)36-37(29)22-15-13-21(33)14-16-22/h13-20,28H,3-12H2,1-2H3,(H,35,38)(H,39,40). The summed E-state index contributed by atoms with van der Waals surface area (Å²) in [7, 11) is 0. The van der Waals surface area contributed by atoms with Crippen molar-refractivity contribution in [1.82, 2.24) is 9.78 Å². The Morgan fingerprint density at radius 1 is 1.05 bits per heavy atom. The van der Waals surface area contributed by atoms with Crippen LogP contribution in [0.5, 0.6) is 5.75 Å². The van der Waals surface area contributed by atoms with E-state index < -0.39 is 23.3 Å². The van der Waals surface area contributed by atoms with Crippen LogP contribution in [0, 0.1) is 11.7 Å². The Balaban J connectivity index is 1.53. The fourth-order valence-electron chi connectivity index (χ4n) is 6.09. The lowest BCUT2D eigenvalue weighted by Crippen LogP contribution is -2.37. The van der Waals surface area contributed by atoms with Crippen LogP contribution in [0.4, 0.5) is 10.1 Å². The van der Waals surface area contributed by atoms with E-state index in [4.69, 9.17) is 21.4 Å². The molecule has 2 aromatic carbocycles. The molecule has 3 aromatic rings. The average Bonchev–Trinajstić information content (AvgIpc) is 3.12. The molecular formula is C32H37ClFN3O4. The molecule has 1 atom stereocenters. The summed E-state index contributed by atoms with van der Waals surface area (Å²) in [5, 5.41) is 17.9. The van der Waals surface area contributed by atoms with Gasteiger partial charge in [-0.15, -0.1) is 0 Å². The number of amides is 1. The van der Waals surface area contributed by atoms with Gasteiger partial charge in [0, 0.05) is 11.1 Å². The first kappa shape index (κ1) is 29.1. The Morgan fingerprint density at radius 3 is 2.41 bits per heavy atom. The molecule has 0 spiro atoms. The number of carbonyl (C=O) groups is 2. The number of halogens is 2. The van der Waals surface area contributed by atoms with E-state index in [2.05, 4.69) is 5.32 Å². The summed E-state index contributed by atoms with van der Waals surface area (Å²) in [6.45, 7) is 2.79. The highest BCUT2D eigenvalue weighted by molar-refractivity contribution is 6.30. The van der Waals surface area contributed by atoms with Gasteiger partial charge in [-0.3, -0.25) is 4.79 Å². The largest absolute Gasteiger partial charge is 0.478 e. The summed E-state index contributed by atoms with van der Waals surface area (Å²) in [4.78, 5) is 25.7. The van der Waals surface area contributed by atoms with Gasteiger partial charge in [-0.25, -0.2) is 13.9 Å². The van der Waals surface area contributed by atoms with Crippen LogP contribution in [0.15, 0.2) is 42.5 Å². The minimum atomic E-state index is -1.53. The predicted molar refractivity (Wildman–Crippen MR) is 157 cm³/mol. The van der Waals surface area contributed by atoms with Gasteiger partial charge in [-0.2, -0.15) is 5.10 Å². The van der Waals surface area contributed by atoms with Gasteiger partial charge in [0.1, 0.15) is 11.6 Å². The molecule has 5 rings (SSSR count). The highest BCUT2D eigenvalue weighted by Crippen LogP contribution is 2.41. The van der Waals surface area contributed by atoms with Crippen molar-refractivity contribution in [2.45, 2.75) is 89.6 Å². The molecule has 1 heterocycles. The number of rotatable bonds is 8. The zero-order valence-corrected chi connectivity index (χ0v) is 24.3. The number of aromatic nitrogens is 2. The van der Waals surface area contributed by atoms with Gasteiger partial charge in [-0.05, 0) is 100 Å². The molecule has 1 fully saturated rings. The van der Waals surface area contributed by atoms with Crippen LogP contribution in [-0.2, 0) is 22.4 Å². The first-order valence-corrected chi connectivity index (χ1v) is 14.9. The van der Waals surface area contributed by atoms with E-state index in [0.717, 1.165) is 92.9 Å². The Morgan fingerprint density at radius 2 is 1.73 bits per heavy atom. The van der Waals surface area contributed by atoms with Crippen molar-refractivity contribution >= 4 is 29.2 Å². The van der Waals surface area contributed by atoms with E-state index in [1.165, 1.54) is 26.0 Å². The molecule has 0 radical (unpaired) electrons. The molecule has 0 saturated heterocycles. The third-order valence-corrected chi connectivity index (χ3v) is 8.55. The molecule has 0 aliphatic heterocycles. The van der Waals surface area contributed by atoms with Gasteiger partial charge in [0.25, 0.3) is 0 Å². The van der Waals surface area contributed by atoms with Gasteiger partial charge < -0.3 is 15.2 Å². The smallest absolute Gasteiger partial charge is 0.347 e. The van der Waals surface area contributed by atoms with Crippen LogP contribution >= 0.6 is 11.6 Å². The highest BCUT2D eigenvalue weighted by Gasteiger charge is 2.38. The van der Waals surface area contributed by atoms with Crippen LogP contribution in [0.1, 0.15) is 88.1 Å². The second kappa shape index (κ2) is 12.2. The number of carboxylic acid groups (broad SMARTS) is 1. The number of nitrogens with zero attached hydrogens (tertiary/aromatic N) is 2. The van der Waals surface area contributed by atoms with Crippen molar-refractivity contribution in [2.24, 2.45) is 5.92 Å². The topological polar surface area (TPSA) is 93.5 Å². The minimum Gasteiger partial charge on any atom is -0.478 e. The van der Waals surface area contributed by atoms with E-state index in [0.29, 0.717) is 5.02 Å². The maximum Gasteiger partial charge on any atom is 0.347 e. The average molecular weight is 582 g/mol. The van der Waals surface area contributed by atoms with Crippen LogP contribution in [0.25, 0.3) is 5.69 Å². The first-order chi connectivity index (χ1) is 19.6. The third-order valence-electron chi connectivity index (χ3n) is 8.30. The Bertz CT molecular complexity index is 1410. The summed E-state index contributed by atoms with van der Waals surface area (Å²) in [6.07, 6.45) is 10.0. The molecular weight excluding hydrogens is 545 g/mol. The summed E-state index contributed by atoms with van der Waals surface area (Å²) in [5.41, 5.74) is 2.43. The van der Waals surface area contributed by atoms with E-state index >= 15 is 4.39 Å². The zero-order valence-electron chi connectivity index (χ0n) is 23.6. The third kappa shape index (κ3) is 6.43. The number of aliphatic carboxylic acids is 1. The Kier molecular flexibility index (Phi) is 8.68. The molecule has 1 saturated carbocycles. The Hall–Kier alpha value is -3.39. The molecule has 218 valence electrons. The van der Waals surface area contributed by atoms with Gasteiger partial charge in [0.05, 0.1) is 28.7 Å². The molecule has 1 amide bonds. The predicted octanol–water partition coefficient (Wildman–Crippen LogP) is 7.48. The molecule has 2 aliphatic carbocycles. The second-order valence-corrected chi connectivity index (χ2v) is 12.1. The molecule has 1 unspecified atom stereocenters. The number of benzene rings is 2. The number of anilines is 1. The summed E-state index contributed by atoms with van der Waals surface area (Å²) in [5.74, 6) is -2.46. The summed E-state index contributed by atoms with van der Waals surface area (Å²) >= 11 is 6.20. The van der Waals surface area contributed by atoms with Crippen LogP contribution < -0.4 is 10.1 Å². The lowest BCUT2D eigenvalue weighted by Gasteiger charge is -2.31. The second-order valence-electron chi connectivity index (χ2n) is 11.7. The molecule has 2 aliphatic rings. The van der Waals surface area contributed by atoms with Gasteiger partial charge in [0.2, 0.25) is 5.91 Å². The van der Waals surface area contributed by atoms with Crippen molar-refractivity contribution in [2.75, 3.05) is 5.32 Å². The van der Waals surface area contributed by atoms with E-state index in [1.807, 2.05) is 28.9 Å². The van der Waals surface area contributed by atoms with Gasteiger partial charge in [-0.1, -0.05) is 37.3 Å². The quantitative estimate of drug-likeness (QED) is 0.269. The van der Waals surface area contributed by atoms with Crippen molar-refractivity contribution in [3.63, 3.8) is 0 Å². The maximum absolute atomic E-state index is 15.3. The molecule has 7 nitrogen and oxygen atoms in total. The summed E-state index contributed by atoms with van der Waals surface area (Å²) in [6, 6.07) is 11.5. The van der Waals surface area contributed by atoms with Gasteiger partial charge >= 0.3 is 5.97 Å². The highest BCUT2D eigenvalue weighted by atomic mass is 35.5. The fourth-order valence-corrected chi connectivity index (χ4v) is 6.22. The van der Waals surface area contributed by atoms with E-state index in [9.17, 15) is 14.7 Å². The first-order valence-electron chi connectivity index (χ1n) is 14.5. The van der Waals surface area contributed by atoms with Crippen molar-refractivity contribution in [3.05, 3.63) is 70.3 Å². The van der Waals surface area contributed by atoms with Crippen molar-refractivity contribution in [1.29, 1.82) is 0 Å². The lowest BCUT2D eigenvalue weighted by atomic mass is 9.76. The van der Waals surface area contributed by atoms with Gasteiger partial charge in [0.15, 0.2) is 5.60 Å². The molecule has 2 N–H and O–H groups in total. The number of carbonyl (C=O) groups excluding carboxylic acids is 1. The monoisotopic (exact) mass is 581 g/mol. The number of carboxylic acids is 1. The van der Waals surface area contributed by atoms with E-state index in [1.54, 1.807) is 0 Å². The van der Waals surface area contributed by atoms with E-state index in [-0.39, 0.29) is 23.3 Å². The van der Waals surface area contributed by atoms with Crippen molar-refractivity contribution < 1.29 is 23.8 Å². The van der Waals surface area contributed by atoms with Crippen LogP contribution in [-0.4, -0.2) is 32.4 Å². The lowest BCUT2D eigenvalue weighted by molar-refractivity contribution is -0.152. The number of aryl methyl sites for hydroxylation is 1. The van der Waals surface area contributed by atoms with Crippen LogP contribution in [0.2, 0.25) is 5.02 Å². The number of hydrogen-bond donors (Lipinski definition) is 2. The molecule has 1 aromatic heterocycles.